The number of hydrogen-bond donors (Lipinski definition) is 0. The summed E-state index contributed by atoms with van der Waals surface area (Å²) in [6, 6.07) is 18.3. The van der Waals surface area contributed by atoms with Gasteiger partial charge in [0.2, 0.25) is 0 Å². The van der Waals surface area contributed by atoms with E-state index < -0.39 is 0 Å². The third kappa shape index (κ3) is 7.46. The highest BCUT2D eigenvalue weighted by atomic mass is 14.1. The largest absolute Gasteiger partial charge is 0.0654 e. The van der Waals surface area contributed by atoms with Gasteiger partial charge in [-0.1, -0.05) is 101 Å². The second kappa shape index (κ2) is 11.9. The highest BCUT2D eigenvalue weighted by molar-refractivity contribution is 5.34. The van der Waals surface area contributed by atoms with Crippen LogP contribution in [0.3, 0.4) is 0 Å². The maximum absolute atomic E-state index is 2.43. The average Bonchev–Trinajstić information content (AvgIpc) is 2.64. The molecular weight excluding hydrogens is 300 g/mol. The van der Waals surface area contributed by atoms with Crippen LogP contribution in [0, 0.1) is 0 Å². The van der Waals surface area contributed by atoms with Gasteiger partial charge in [0.05, 0.1) is 0 Å². The molecule has 2 rings (SSSR count). The number of rotatable bonds is 12. The van der Waals surface area contributed by atoms with Gasteiger partial charge in [0.15, 0.2) is 0 Å². The molecule has 0 nitrogen and oxygen atoms in total. The van der Waals surface area contributed by atoms with Crippen molar-refractivity contribution in [2.75, 3.05) is 0 Å². The van der Waals surface area contributed by atoms with E-state index in [4.69, 9.17) is 0 Å². The maximum atomic E-state index is 2.43. The molecule has 0 aliphatic carbocycles. The van der Waals surface area contributed by atoms with Gasteiger partial charge in [0.1, 0.15) is 0 Å². The lowest BCUT2D eigenvalue weighted by molar-refractivity contribution is 0.664. The lowest BCUT2D eigenvalue weighted by Crippen LogP contribution is -1.97. The number of unbranched alkanes of at least 4 members (excludes halogenated alkanes) is 6. The predicted octanol–water partition coefficient (Wildman–Crippen LogP) is 7.52. The second-order valence-electron chi connectivity index (χ2n) is 7.39. The quantitative estimate of drug-likeness (QED) is 0.351. The van der Waals surface area contributed by atoms with Gasteiger partial charge in [-0.3, -0.25) is 0 Å². The standard InChI is InChI=1S/C25H36/c1-3-5-7-9-14-22-15-13-16-23(20-22)21-25-19-12-11-18-24(25)17-10-8-6-4-2/h11-13,15-16,18-20H,3-10,14,17,21H2,1-2H3. The van der Waals surface area contributed by atoms with Gasteiger partial charge < -0.3 is 0 Å². The summed E-state index contributed by atoms with van der Waals surface area (Å²) < 4.78 is 0. The Morgan fingerprint density at radius 3 is 1.92 bits per heavy atom. The third-order valence-electron chi connectivity index (χ3n) is 5.12. The van der Waals surface area contributed by atoms with E-state index in [-0.39, 0.29) is 0 Å². The smallest absolute Gasteiger partial charge is 0.00229 e. The van der Waals surface area contributed by atoms with Crippen molar-refractivity contribution < 1.29 is 0 Å². The first-order valence-electron chi connectivity index (χ1n) is 10.5. The molecule has 0 N–H and O–H groups in total. The fraction of sp³-hybridized carbons (Fsp3) is 0.520. The molecule has 136 valence electrons. The van der Waals surface area contributed by atoms with Gasteiger partial charge in [-0.15, -0.1) is 0 Å². The predicted molar refractivity (Wildman–Crippen MR) is 111 cm³/mol. The van der Waals surface area contributed by atoms with E-state index in [1.807, 2.05) is 0 Å². The Balaban J connectivity index is 1.94. The molecule has 0 amide bonds. The topological polar surface area (TPSA) is 0 Å². The van der Waals surface area contributed by atoms with Crippen molar-refractivity contribution in [3.63, 3.8) is 0 Å². The molecule has 2 aromatic rings. The van der Waals surface area contributed by atoms with E-state index in [1.165, 1.54) is 80.9 Å². The minimum atomic E-state index is 1.08. The highest BCUT2D eigenvalue weighted by Gasteiger charge is 2.04. The van der Waals surface area contributed by atoms with E-state index in [2.05, 4.69) is 62.4 Å². The Morgan fingerprint density at radius 2 is 1.20 bits per heavy atom. The van der Waals surface area contributed by atoms with Crippen molar-refractivity contribution in [3.05, 3.63) is 70.8 Å². The van der Waals surface area contributed by atoms with Gasteiger partial charge in [-0.25, -0.2) is 0 Å². The Hall–Kier alpha value is -1.56. The zero-order valence-corrected chi connectivity index (χ0v) is 16.4. The van der Waals surface area contributed by atoms with Crippen LogP contribution in [0.4, 0.5) is 0 Å². The molecule has 0 aliphatic rings. The van der Waals surface area contributed by atoms with Crippen LogP contribution >= 0.6 is 0 Å². The van der Waals surface area contributed by atoms with Crippen molar-refractivity contribution in [3.8, 4) is 0 Å². The van der Waals surface area contributed by atoms with Crippen LogP contribution in [0.5, 0.6) is 0 Å². The first-order valence-corrected chi connectivity index (χ1v) is 10.5. The Labute approximate surface area is 155 Å². The molecule has 0 heteroatoms. The summed E-state index contributed by atoms with van der Waals surface area (Å²) in [6.07, 6.45) is 14.3. The summed E-state index contributed by atoms with van der Waals surface area (Å²) in [4.78, 5) is 0. The van der Waals surface area contributed by atoms with Gasteiger partial charge in [0.25, 0.3) is 0 Å². The van der Waals surface area contributed by atoms with E-state index in [0.717, 1.165) is 6.42 Å². The molecule has 0 radical (unpaired) electrons. The minimum Gasteiger partial charge on any atom is -0.0654 e. The molecule has 0 saturated carbocycles. The lowest BCUT2D eigenvalue weighted by Gasteiger charge is -2.11. The van der Waals surface area contributed by atoms with E-state index >= 15 is 0 Å². The maximum Gasteiger partial charge on any atom is -0.00229 e. The third-order valence-corrected chi connectivity index (χ3v) is 5.12. The van der Waals surface area contributed by atoms with Gasteiger partial charge in [0, 0.05) is 0 Å². The van der Waals surface area contributed by atoms with Gasteiger partial charge in [-0.05, 0) is 54.4 Å². The zero-order valence-electron chi connectivity index (χ0n) is 16.4. The SMILES string of the molecule is CCCCCCc1cccc(Cc2ccccc2CCCCCC)c1. The molecule has 0 unspecified atom stereocenters. The summed E-state index contributed by atoms with van der Waals surface area (Å²) in [5, 5.41) is 0. The van der Waals surface area contributed by atoms with E-state index in [1.54, 1.807) is 5.56 Å². The first kappa shape index (κ1) is 19.8. The van der Waals surface area contributed by atoms with Crippen molar-refractivity contribution in [2.24, 2.45) is 0 Å². The van der Waals surface area contributed by atoms with Crippen LogP contribution in [0.2, 0.25) is 0 Å². The fourth-order valence-electron chi connectivity index (χ4n) is 3.59. The highest BCUT2D eigenvalue weighted by Crippen LogP contribution is 2.19. The van der Waals surface area contributed by atoms with Crippen molar-refractivity contribution in [1.82, 2.24) is 0 Å². The Morgan fingerprint density at radius 1 is 0.560 bits per heavy atom. The molecule has 0 bridgehead atoms. The van der Waals surface area contributed by atoms with E-state index in [9.17, 15) is 0 Å². The van der Waals surface area contributed by atoms with Crippen LogP contribution in [0.1, 0.15) is 87.5 Å². The first-order chi connectivity index (χ1) is 12.3. The summed E-state index contributed by atoms with van der Waals surface area (Å²) in [6.45, 7) is 4.56. The van der Waals surface area contributed by atoms with Crippen LogP contribution < -0.4 is 0 Å². The number of aryl methyl sites for hydroxylation is 2. The van der Waals surface area contributed by atoms with Gasteiger partial charge >= 0.3 is 0 Å². The lowest BCUT2D eigenvalue weighted by atomic mass is 9.94. The summed E-state index contributed by atoms with van der Waals surface area (Å²) in [7, 11) is 0. The van der Waals surface area contributed by atoms with Crippen molar-refractivity contribution in [2.45, 2.75) is 84.5 Å². The van der Waals surface area contributed by atoms with Crippen molar-refractivity contribution in [1.29, 1.82) is 0 Å². The molecule has 25 heavy (non-hydrogen) atoms. The summed E-state index contributed by atoms with van der Waals surface area (Å²) >= 11 is 0. The Kier molecular flexibility index (Phi) is 9.41. The molecule has 0 heterocycles. The number of benzene rings is 2. The molecule has 0 spiro atoms. The average molecular weight is 337 g/mol. The molecule has 0 aliphatic heterocycles. The van der Waals surface area contributed by atoms with Crippen LogP contribution in [-0.4, -0.2) is 0 Å². The van der Waals surface area contributed by atoms with Crippen LogP contribution in [-0.2, 0) is 19.3 Å². The molecule has 0 saturated heterocycles. The molecule has 0 aromatic heterocycles. The molecule has 0 atom stereocenters. The molecular formula is C25H36. The fourth-order valence-corrected chi connectivity index (χ4v) is 3.59. The zero-order chi connectivity index (χ0) is 17.7. The van der Waals surface area contributed by atoms with Crippen LogP contribution in [0.25, 0.3) is 0 Å². The molecule has 2 aromatic carbocycles. The van der Waals surface area contributed by atoms with E-state index in [0.29, 0.717) is 0 Å². The molecule has 0 fully saturated rings. The van der Waals surface area contributed by atoms with Gasteiger partial charge in [-0.2, -0.15) is 0 Å². The normalized spacial score (nSPS) is 11.0. The van der Waals surface area contributed by atoms with Crippen LogP contribution in [0.15, 0.2) is 48.5 Å². The minimum absolute atomic E-state index is 1.08. The number of hydrogen-bond acceptors (Lipinski definition) is 0. The Bertz CT molecular complexity index is 596. The monoisotopic (exact) mass is 336 g/mol. The summed E-state index contributed by atoms with van der Waals surface area (Å²) in [5.41, 5.74) is 6.04. The second-order valence-corrected chi connectivity index (χ2v) is 7.39. The summed E-state index contributed by atoms with van der Waals surface area (Å²) in [5.74, 6) is 0. The van der Waals surface area contributed by atoms with Crippen molar-refractivity contribution >= 4 is 0 Å².